The summed E-state index contributed by atoms with van der Waals surface area (Å²) in [5.41, 5.74) is 0.370. The van der Waals surface area contributed by atoms with E-state index in [2.05, 4.69) is 14.9 Å². The topological polar surface area (TPSA) is 133 Å². The van der Waals surface area contributed by atoms with Crippen LogP contribution in [-0.2, 0) is 20.8 Å². The highest BCUT2D eigenvalue weighted by Crippen LogP contribution is 2.39. The molecule has 36 heavy (non-hydrogen) atoms. The van der Waals surface area contributed by atoms with Gasteiger partial charge in [-0.2, -0.15) is 4.98 Å². The minimum atomic E-state index is -0.582. The average molecular weight is 498 g/mol. The van der Waals surface area contributed by atoms with Gasteiger partial charge in [-0.1, -0.05) is 12.1 Å². The van der Waals surface area contributed by atoms with Crippen molar-refractivity contribution in [2.24, 2.45) is 0 Å². The lowest BCUT2D eigenvalue weighted by atomic mass is 10.2. The predicted octanol–water partition coefficient (Wildman–Crippen LogP) is 3.57. The van der Waals surface area contributed by atoms with Gasteiger partial charge in [0, 0.05) is 19.6 Å². The van der Waals surface area contributed by atoms with Gasteiger partial charge < -0.3 is 28.4 Å². The molecule has 0 radical (unpaired) electrons. The Kier molecular flexibility index (Phi) is 8.29. The monoisotopic (exact) mass is 497 g/mol. The molecule has 12 heteroatoms. The van der Waals surface area contributed by atoms with Crippen LogP contribution in [0.5, 0.6) is 11.6 Å². The smallest absolute Gasteiger partial charge is 0.373 e. The maximum absolute atomic E-state index is 12.2. The summed E-state index contributed by atoms with van der Waals surface area (Å²) in [6.07, 6.45) is 2.71. The summed E-state index contributed by atoms with van der Waals surface area (Å²) in [6, 6.07) is 10.7. The number of hydrogen-bond acceptors (Lipinski definition) is 11. The van der Waals surface area contributed by atoms with Gasteiger partial charge in [0.15, 0.2) is 5.75 Å². The molecule has 0 N–H and O–H groups in total. The van der Waals surface area contributed by atoms with E-state index in [-0.39, 0.29) is 37.8 Å². The number of nitrogens with zero attached hydrogens (tertiary/aromatic N) is 5. The Morgan fingerprint density at radius 2 is 2.00 bits per heavy atom. The first-order valence-electron chi connectivity index (χ1n) is 11.6. The number of nitro groups is 1. The zero-order valence-electron chi connectivity index (χ0n) is 19.9. The molecular formula is C24H27N5O7. The number of benzene rings is 1. The van der Waals surface area contributed by atoms with Crippen LogP contribution in [0.25, 0.3) is 0 Å². The molecule has 3 heterocycles. The number of ether oxygens (including phenoxy) is 3. The Morgan fingerprint density at radius 3 is 2.72 bits per heavy atom. The number of rotatable bonds is 11. The molecule has 12 nitrogen and oxygen atoms in total. The lowest BCUT2D eigenvalue weighted by Crippen LogP contribution is -2.36. The Bertz CT molecular complexity index is 1170. The number of carbonyl (C=O) groups excluding carboxylic acids is 1. The van der Waals surface area contributed by atoms with E-state index < -0.39 is 16.6 Å². The van der Waals surface area contributed by atoms with E-state index >= 15 is 0 Å². The first-order chi connectivity index (χ1) is 17.6. The fraction of sp³-hybridized carbons (Fsp3) is 0.375. The summed E-state index contributed by atoms with van der Waals surface area (Å²) in [4.78, 5) is 35.6. The third kappa shape index (κ3) is 6.08. The molecule has 2 aromatic heterocycles. The molecule has 190 valence electrons. The Morgan fingerprint density at radius 1 is 1.19 bits per heavy atom. The van der Waals surface area contributed by atoms with Gasteiger partial charge in [-0.25, -0.2) is 4.98 Å². The van der Waals surface area contributed by atoms with Crippen LogP contribution in [0.15, 0.2) is 53.4 Å². The van der Waals surface area contributed by atoms with Crippen molar-refractivity contribution >= 4 is 23.2 Å². The predicted molar refractivity (Wildman–Crippen MR) is 129 cm³/mol. The number of morpholine rings is 1. The van der Waals surface area contributed by atoms with Crippen molar-refractivity contribution in [3.63, 3.8) is 0 Å². The summed E-state index contributed by atoms with van der Waals surface area (Å²) in [5, 5.41) is 12.2. The zero-order valence-corrected chi connectivity index (χ0v) is 19.9. The van der Waals surface area contributed by atoms with Gasteiger partial charge in [0.1, 0.15) is 12.1 Å². The lowest BCUT2D eigenvalue weighted by molar-refractivity contribution is -0.385. The summed E-state index contributed by atoms with van der Waals surface area (Å²) < 4.78 is 21.9. The fourth-order valence-corrected chi connectivity index (χ4v) is 3.84. The van der Waals surface area contributed by atoms with Crippen LogP contribution >= 0.6 is 0 Å². The molecule has 1 saturated heterocycles. The van der Waals surface area contributed by atoms with Crippen molar-refractivity contribution in [3.8, 4) is 11.6 Å². The number of anilines is 2. The van der Waals surface area contributed by atoms with Gasteiger partial charge in [0.2, 0.25) is 5.82 Å². The van der Waals surface area contributed by atoms with Crippen LogP contribution in [0.4, 0.5) is 17.2 Å². The average Bonchev–Trinajstić information content (AvgIpc) is 3.40. The van der Waals surface area contributed by atoms with E-state index in [9.17, 15) is 14.9 Å². The molecule has 1 aliphatic rings. The van der Waals surface area contributed by atoms with Gasteiger partial charge in [-0.3, -0.25) is 14.9 Å². The minimum Gasteiger partial charge on any atom is -0.467 e. The third-order valence-corrected chi connectivity index (χ3v) is 5.49. The summed E-state index contributed by atoms with van der Waals surface area (Å²) >= 11 is 0. The van der Waals surface area contributed by atoms with Gasteiger partial charge >= 0.3 is 17.5 Å². The molecule has 0 bridgehead atoms. The number of furan rings is 1. The molecule has 0 unspecified atom stereocenters. The third-order valence-electron chi connectivity index (χ3n) is 5.49. The quantitative estimate of drug-likeness (QED) is 0.219. The van der Waals surface area contributed by atoms with E-state index in [1.807, 2.05) is 12.1 Å². The molecular weight excluding hydrogens is 470 g/mol. The van der Waals surface area contributed by atoms with Crippen molar-refractivity contribution in [2.75, 3.05) is 49.3 Å². The van der Waals surface area contributed by atoms with Crippen molar-refractivity contribution < 1.29 is 28.3 Å². The first kappa shape index (κ1) is 24.9. The second kappa shape index (κ2) is 12.0. The number of esters is 1. The highest BCUT2D eigenvalue weighted by Gasteiger charge is 2.30. The van der Waals surface area contributed by atoms with Crippen LogP contribution < -0.4 is 14.5 Å². The van der Waals surface area contributed by atoms with E-state index in [4.69, 9.17) is 18.6 Å². The molecule has 0 aliphatic carbocycles. The second-order valence-corrected chi connectivity index (χ2v) is 7.83. The van der Waals surface area contributed by atoms with Crippen LogP contribution in [0.3, 0.4) is 0 Å². The second-order valence-electron chi connectivity index (χ2n) is 7.83. The molecule has 0 amide bonds. The van der Waals surface area contributed by atoms with Gasteiger partial charge in [0.25, 0.3) is 0 Å². The highest BCUT2D eigenvalue weighted by molar-refractivity contribution is 5.71. The fourth-order valence-electron chi connectivity index (χ4n) is 3.84. The van der Waals surface area contributed by atoms with E-state index in [0.29, 0.717) is 37.8 Å². The Labute approximate surface area is 207 Å². The van der Waals surface area contributed by atoms with Gasteiger partial charge in [-0.05, 0) is 31.2 Å². The molecule has 3 aromatic rings. The van der Waals surface area contributed by atoms with Crippen molar-refractivity contribution in [2.45, 2.75) is 19.9 Å². The van der Waals surface area contributed by atoms with Crippen molar-refractivity contribution in [3.05, 3.63) is 64.9 Å². The Hall–Kier alpha value is -4.19. The van der Waals surface area contributed by atoms with Crippen LogP contribution in [-0.4, -0.2) is 60.3 Å². The van der Waals surface area contributed by atoms with Gasteiger partial charge in [-0.15, -0.1) is 0 Å². The van der Waals surface area contributed by atoms with E-state index in [1.54, 1.807) is 36.1 Å². The maximum atomic E-state index is 12.2. The van der Waals surface area contributed by atoms with Crippen molar-refractivity contribution in [1.82, 2.24) is 9.97 Å². The number of aromatic nitrogens is 2. The Balaban J connectivity index is 1.67. The van der Waals surface area contributed by atoms with Crippen LogP contribution in [0.1, 0.15) is 19.1 Å². The summed E-state index contributed by atoms with van der Waals surface area (Å²) in [6.45, 7) is 4.71. The van der Waals surface area contributed by atoms with Crippen LogP contribution in [0, 0.1) is 10.1 Å². The SMILES string of the molecule is CCOC(=O)CCN(Cc1ccco1)c1ncnc(Oc2ccccc2N2CCOCC2)c1[N+](=O)[O-]. The number of carbonyl (C=O) groups is 1. The van der Waals surface area contributed by atoms with Crippen LogP contribution in [0.2, 0.25) is 0 Å². The number of para-hydroxylation sites is 2. The van der Waals surface area contributed by atoms with E-state index in [1.165, 1.54) is 12.6 Å². The molecule has 1 aliphatic heterocycles. The normalized spacial score (nSPS) is 13.3. The maximum Gasteiger partial charge on any atom is 0.373 e. The van der Waals surface area contributed by atoms with E-state index in [0.717, 1.165) is 5.69 Å². The molecule has 0 atom stereocenters. The van der Waals surface area contributed by atoms with Crippen molar-refractivity contribution in [1.29, 1.82) is 0 Å². The lowest BCUT2D eigenvalue weighted by Gasteiger charge is -2.30. The largest absolute Gasteiger partial charge is 0.467 e. The standard InChI is InChI=1S/C24H27N5O7/c1-2-34-21(30)9-10-28(16-18-6-5-13-35-18)23-22(29(31)32)24(26-17-25-23)36-20-8-4-3-7-19(20)27-11-14-33-15-12-27/h3-8,13,17H,2,9-12,14-16H2,1H3. The number of hydrogen-bond donors (Lipinski definition) is 0. The molecule has 4 rings (SSSR count). The van der Waals surface area contributed by atoms with Gasteiger partial charge in [0.05, 0.1) is 49.7 Å². The summed E-state index contributed by atoms with van der Waals surface area (Å²) in [7, 11) is 0. The molecule has 1 aromatic carbocycles. The molecule has 1 fully saturated rings. The summed E-state index contributed by atoms with van der Waals surface area (Å²) in [5.74, 6) is 0.360. The molecule has 0 saturated carbocycles. The first-order valence-corrected chi connectivity index (χ1v) is 11.6. The zero-order chi connectivity index (χ0) is 25.3. The minimum absolute atomic E-state index is 0.00571. The molecule has 0 spiro atoms. The highest BCUT2D eigenvalue weighted by atomic mass is 16.6.